The highest BCUT2D eigenvalue weighted by Gasteiger charge is 2.55. The van der Waals surface area contributed by atoms with E-state index in [1.807, 2.05) is 6.92 Å². The van der Waals surface area contributed by atoms with Gasteiger partial charge in [-0.05, 0) is 28.8 Å². The van der Waals surface area contributed by atoms with E-state index in [0.717, 1.165) is 10.9 Å². The van der Waals surface area contributed by atoms with Gasteiger partial charge in [-0.2, -0.15) is 0 Å². The second-order valence-electron chi connectivity index (χ2n) is 9.73. The Hall–Kier alpha value is -1.21. The lowest BCUT2D eigenvalue weighted by molar-refractivity contribution is -0.364. The number of phosphoric ester groups is 3. The molecule has 2 aliphatic heterocycles. The Bertz CT molecular complexity index is 1420. The Morgan fingerprint density at radius 1 is 0.791 bits per heavy atom. The zero-order valence-corrected chi connectivity index (χ0v) is 24.7. The van der Waals surface area contributed by atoms with Crippen LogP contribution < -0.4 is 14.7 Å². The highest BCUT2D eigenvalue weighted by molar-refractivity contribution is 7.46. The van der Waals surface area contributed by atoms with Crippen molar-refractivity contribution < 1.29 is 86.2 Å². The summed E-state index contributed by atoms with van der Waals surface area (Å²) in [5.41, 5.74) is 1.22. The molecule has 4 rings (SSSR count). The molecule has 2 aromatic carbocycles. The quantitative estimate of drug-likeness (QED) is 0.135. The largest absolute Gasteiger partial charge is 0.790 e. The summed E-state index contributed by atoms with van der Waals surface area (Å²) in [5, 5.41) is 32.1. The molecule has 10 atom stereocenters. The van der Waals surface area contributed by atoms with Crippen LogP contribution in [0.2, 0.25) is 0 Å². The van der Waals surface area contributed by atoms with Crippen LogP contribution in [0.4, 0.5) is 0 Å². The number of ether oxygens (including phenoxy) is 3. The van der Waals surface area contributed by atoms with Crippen molar-refractivity contribution in [2.45, 2.75) is 62.0 Å². The Morgan fingerprint density at radius 2 is 1.40 bits per heavy atom. The minimum Gasteiger partial charge on any atom is -0.790 e. The van der Waals surface area contributed by atoms with Gasteiger partial charge in [0.1, 0.15) is 48.8 Å². The molecule has 0 aromatic heterocycles. The van der Waals surface area contributed by atoms with Crippen LogP contribution >= 0.6 is 23.5 Å². The summed E-state index contributed by atoms with van der Waals surface area (Å²) in [6, 6.07) is 10.3. The lowest BCUT2D eigenvalue weighted by atomic mass is 9.94. The third kappa shape index (κ3) is 8.34. The van der Waals surface area contributed by atoms with Crippen LogP contribution in [-0.4, -0.2) is 92.2 Å². The van der Waals surface area contributed by atoms with Crippen molar-refractivity contribution in [1.82, 2.24) is 0 Å². The molecule has 1 unspecified atom stereocenters. The highest BCUT2D eigenvalue weighted by Crippen LogP contribution is 2.49. The molecule has 0 bridgehead atoms. The lowest BCUT2D eigenvalue weighted by Gasteiger charge is -2.47. The smallest absolute Gasteiger partial charge is 0.470 e. The third-order valence-electron chi connectivity index (χ3n) is 6.82. The van der Waals surface area contributed by atoms with Gasteiger partial charge >= 0.3 is 7.82 Å². The fourth-order valence-electron chi connectivity index (χ4n) is 5.14. The number of hydrogen-bond acceptors (Lipinski definition) is 15. The summed E-state index contributed by atoms with van der Waals surface area (Å²) in [6.45, 7) is -0.184. The van der Waals surface area contributed by atoms with Gasteiger partial charge in [0.25, 0.3) is 7.82 Å². The number of phosphoric acid groups is 3. The Kier molecular flexibility index (Phi) is 10.7. The first-order chi connectivity index (χ1) is 19.9. The average Bonchev–Trinajstić information content (AvgIpc) is 3.22. The molecule has 0 saturated carbocycles. The summed E-state index contributed by atoms with van der Waals surface area (Å²) < 4.78 is 65.4. The van der Waals surface area contributed by atoms with Crippen molar-refractivity contribution in [3.05, 3.63) is 47.5 Å². The SMILES string of the molecule is Cc1ccc([C@@H]2O[C@H](CO)[C@@H](O[C@H]3O[C@H](CO)[C@@H](OP(=O)([O-])[O-])[C@H](OP(=O)([O-])O)[C@H]3O)[C@H]2OP(=O)(O)O)c2ccccc12. The van der Waals surface area contributed by atoms with E-state index in [0.29, 0.717) is 10.9 Å². The van der Waals surface area contributed by atoms with Crippen molar-refractivity contribution in [2.75, 3.05) is 13.2 Å². The molecule has 2 aliphatic rings. The van der Waals surface area contributed by atoms with Gasteiger partial charge in [-0.15, -0.1) is 0 Å². The number of rotatable bonds is 11. The maximum atomic E-state index is 12.0. The molecule has 0 aliphatic carbocycles. The third-order valence-corrected chi connectivity index (χ3v) is 8.35. The summed E-state index contributed by atoms with van der Waals surface area (Å²) in [5.74, 6) is 0. The zero-order valence-electron chi connectivity index (χ0n) is 22.0. The van der Waals surface area contributed by atoms with Crippen LogP contribution in [0.25, 0.3) is 10.8 Å². The first-order valence-electron chi connectivity index (χ1n) is 12.4. The molecule has 2 saturated heterocycles. The molecule has 0 spiro atoms. The van der Waals surface area contributed by atoms with E-state index in [1.165, 1.54) is 0 Å². The molecule has 43 heavy (non-hydrogen) atoms. The standard InChI is InChI=1S/C22H31O18P3/c1-10-6-7-13(12-5-3-2-4-11(10)12)17-21(40-43(32,33)34)18(14(8-23)35-17)37-22-16(25)20(39-42(29,30)31)19(15(9-24)36-22)38-41(26,27)28/h2-7,14-25H,8-9H2,1H3,(H2,26,27,28)(H2,29,30,31)(H2,32,33,34)/p-3/t14-,15-,16-,17+,18-,19-,20-,21+,22-/m1/s1. The van der Waals surface area contributed by atoms with Crippen LogP contribution in [-0.2, 0) is 41.5 Å². The molecule has 0 amide bonds. The van der Waals surface area contributed by atoms with Gasteiger partial charge in [0.15, 0.2) is 6.29 Å². The van der Waals surface area contributed by atoms with Crippen LogP contribution in [0.5, 0.6) is 0 Å². The van der Waals surface area contributed by atoms with Gasteiger partial charge in [-0.1, -0.05) is 36.4 Å². The maximum absolute atomic E-state index is 12.0. The maximum Gasteiger partial charge on any atom is 0.470 e. The molecule has 2 fully saturated rings. The Morgan fingerprint density at radius 3 is 1.95 bits per heavy atom. The van der Waals surface area contributed by atoms with Crippen LogP contribution in [0.3, 0.4) is 0 Å². The van der Waals surface area contributed by atoms with Crippen molar-refractivity contribution in [1.29, 1.82) is 0 Å². The number of aryl methyl sites for hydroxylation is 1. The van der Waals surface area contributed by atoms with E-state index in [-0.39, 0.29) is 0 Å². The minimum absolute atomic E-state index is 0.367. The van der Waals surface area contributed by atoms with E-state index >= 15 is 0 Å². The fraction of sp³-hybridized carbons (Fsp3) is 0.545. The second-order valence-corrected chi connectivity index (χ2v) is 13.2. The molecule has 0 radical (unpaired) electrons. The van der Waals surface area contributed by atoms with Crippen molar-refractivity contribution in [2.24, 2.45) is 0 Å². The predicted octanol–water partition coefficient (Wildman–Crippen LogP) is -2.42. The van der Waals surface area contributed by atoms with Crippen molar-refractivity contribution in [3.8, 4) is 0 Å². The molecule has 6 N–H and O–H groups in total. The van der Waals surface area contributed by atoms with Crippen molar-refractivity contribution >= 4 is 34.2 Å². The monoisotopic (exact) mass is 673 g/mol. The normalized spacial score (nSPS) is 33.5. The molecule has 242 valence electrons. The molecule has 21 heteroatoms. The van der Waals surface area contributed by atoms with E-state index in [2.05, 4.69) is 9.05 Å². The van der Waals surface area contributed by atoms with Gasteiger partial charge < -0.3 is 72.5 Å². The van der Waals surface area contributed by atoms with Crippen LogP contribution in [0.15, 0.2) is 36.4 Å². The number of fused-ring (bicyclic) bond motifs is 1. The number of aliphatic hydroxyl groups is 3. The van der Waals surface area contributed by atoms with Crippen LogP contribution in [0.1, 0.15) is 17.2 Å². The van der Waals surface area contributed by atoms with Crippen molar-refractivity contribution in [3.63, 3.8) is 0 Å². The molecular weight excluding hydrogens is 645 g/mol. The van der Waals surface area contributed by atoms with Gasteiger partial charge in [0, 0.05) is 0 Å². The molecule has 2 aromatic rings. The van der Waals surface area contributed by atoms with Gasteiger partial charge in [-0.3, -0.25) is 9.09 Å². The van der Waals surface area contributed by atoms with E-state index in [4.69, 9.17) is 18.7 Å². The molecule has 2 heterocycles. The van der Waals surface area contributed by atoms with E-state index < -0.39 is 91.8 Å². The summed E-state index contributed by atoms with van der Waals surface area (Å²) in [4.78, 5) is 62.7. The average molecular weight is 673 g/mol. The van der Waals surface area contributed by atoms with E-state index in [1.54, 1.807) is 36.4 Å². The highest BCUT2D eigenvalue weighted by atomic mass is 31.2. The lowest BCUT2D eigenvalue weighted by Crippen LogP contribution is -2.62. The number of aliphatic hydroxyl groups excluding tert-OH is 3. The zero-order chi connectivity index (χ0) is 31.9. The number of hydrogen-bond donors (Lipinski definition) is 6. The second kappa shape index (κ2) is 13.3. The summed E-state index contributed by atoms with van der Waals surface area (Å²) in [6.07, 6.45) is -17.4. The van der Waals surface area contributed by atoms with Gasteiger partial charge in [0.2, 0.25) is 0 Å². The first kappa shape index (κ1) is 34.7. The van der Waals surface area contributed by atoms with Gasteiger partial charge in [-0.25, -0.2) is 4.57 Å². The summed E-state index contributed by atoms with van der Waals surface area (Å²) in [7, 11) is -17.0. The number of benzene rings is 2. The topological polar surface area (TPSA) is 297 Å². The Labute approximate surface area is 243 Å². The molecular formula is C22H28O18P3-3. The molecule has 18 nitrogen and oxygen atoms in total. The Balaban J connectivity index is 1.73. The van der Waals surface area contributed by atoms with Gasteiger partial charge in [0.05, 0.1) is 21.0 Å². The van der Waals surface area contributed by atoms with E-state index in [9.17, 15) is 58.4 Å². The summed E-state index contributed by atoms with van der Waals surface area (Å²) >= 11 is 0. The first-order valence-corrected chi connectivity index (χ1v) is 16.9. The minimum atomic E-state index is -5.93. The predicted molar refractivity (Wildman–Crippen MR) is 134 cm³/mol. The van der Waals surface area contributed by atoms with Crippen LogP contribution in [0, 0.1) is 6.92 Å². The fourth-order valence-corrected chi connectivity index (χ4v) is 6.80.